The van der Waals surface area contributed by atoms with Crippen LogP contribution in [0.3, 0.4) is 0 Å². The zero-order valence-corrected chi connectivity index (χ0v) is 52.0. The van der Waals surface area contributed by atoms with Crippen LogP contribution in [0.1, 0.15) is 380 Å². The summed E-state index contributed by atoms with van der Waals surface area (Å²) in [4.78, 5) is 38.3. The third-order valence-electron chi connectivity index (χ3n) is 15.6. The summed E-state index contributed by atoms with van der Waals surface area (Å²) in [5.41, 5.74) is 0. The lowest BCUT2D eigenvalue weighted by Crippen LogP contribution is -2.30. The molecule has 0 aliphatic rings. The molecular formula is C71H132O6. The van der Waals surface area contributed by atoms with Crippen LogP contribution in [0.15, 0.2) is 36.5 Å². The summed E-state index contributed by atoms with van der Waals surface area (Å²) in [5, 5.41) is 0. The molecule has 77 heavy (non-hydrogen) atoms. The van der Waals surface area contributed by atoms with Crippen LogP contribution in [-0.4, -0.2) is 37.2 Å². The maximum Gasteiger partial charge on any atom is 0.306 e. The first-order valence-electron chi connectivity index (χ1n) is 34.5. The zero-order chi connectivity index (χ0) is 55.7. The minimum atomic E-state index is -0.767. The number of allylic oxidation sites excluding steroid dienone is 6. The summed E-state index contributed by atoms with van der Waals surface area (Å²) >= 11 is 0. The number of carbonyl (C=O) groups excluding carboxylic acids is 3. The number of ether oxygens (including phenoxy) is 3. The van der Waals surface area contributed by atoms with Crippen LogP contribution in [0, 0.1) is 0 Å². The van der Waals surface area contributed by atoms with Gasteiger partial charge in [0.05, 0.1) is 0 Å². The Morgan fingerprint density at radius 2 is 0.468 bits per heavy atom. The van der Waals surface area contributed by atoms with Gasteiger partial charge in [0.15, 0.2) is 6.10 Å². The van der Waals surface area contributed by atoms with E-state index in [9.17, 15) is 14.4 Å². The first-order valence-corrected chi connectivity index (χ1v) is 34.5. The predicted molar refractivity (Wildman–Crippen MR) is 335 cm³/mol. The largest absolute Gasteiger partial charge is 0.462 e. The summed E-state index contributed by atoms with van der Waals surface area (Å²) in [7, 11) is 0. The van der Waals surface area contributed by atoms with E-state index < -0.39 is 6.10 Å². The molecule has 6 heteroatoms. The van der Waals surface area contributed by atoms with E-state index >= 15 is 0 Å². The second-order valence-electron chi connectivity index (χ2n) is 23.5. The highest BCUT2D eigenvalue weighted by Gasteiger charge is 2.19. The van der Waals surface area contributed by atoms with Gasteiger partial charge in [-0.15, -0.1) is 0 Å². The van der Waals surface area contributed by atoms with Gasteiger partial charge < -0.3 is 14.2 Å². The van der Waals surface area contributed by atoms with Crippen molar-refractivity contribution in [3.8, 4) is 0 Å². The van der Waals surface area contributed by atoms with Gasteiger partial charge in [0.1, 0.15) is 13.2 Å². The van der Waals surface area contributed by atoms with Crippen molar-refractivity contribution < 1.29 is 28.6 Å². The second kappa shape index (κ2) is 66.1. The number of unbranched alkanes of at least 4 members (excludes halogenated alkanes) is 47. The summed E-state index contributed by atoms with van der Waals surface area (Å²) < 4.78 is 17.0. The highest BCUT2D eigenvalue weighted by molar-refractivity contribution is 5.71. The van der Waals surface area contributed by atoms with Gasteiger partial charge >= 0.3 is 17.9 Å². The number of carbonyl (C=O) groups is 3. The van der Waals surface area contributed by atoms with Crippen molar-refractivity contribution in [2.24, 2.45) is 0 Å². The molecule has 0 fully saturated rings. The van der Waals surface area contributed by atoms with Gasteiger partial charge in [-0.25, -0.2) is 0 Å². The predicted octanol–water partition coefficient (Wildman–Crippen LogP) is 23.6. The molecule has 0 aromatic heterocycles. The number of hydrogen-bond donors (Lipinski definition) is 0. The van der Waals surface area contributed by atoms with Crippen LogP contribution in [0.25, 0.3) is 0 Å². The third kappa shape index (κ3) is 64.3. The molecule has 0 spiro atoms. The Balaban J connectivity index is 4.13. The lowest BCUT2D eigenvalue weighted by atomic mass is 10.0. The Labute approximate surface area is 480 Å². The molecule has 0 heterocycles. The molecule has 0 amide bonds. The number of rotatable bonds is 64. The van der Waals surface area contributed by atoms with Crippen molar-refractivity contribution in [1.82, 2.24) is 0 Å². The summed E-state index contributed by atoms with van der Waals surface area (Å²) in [6.07, 6.45) is 81.7. The van der Waals surface area contributed by atoms with E-state index in [1.807, 2.05) is 0 Å². The van der Waals surface area contributed by atoms with Crippen molar-refractivity contribution in [3.63, 3.8) is 0 Å². The fourth-order valence-corrected chi connectivity index (χ4v) is 10.5. The number of esters is 3. The van der Waals surface area contributed by atoms with E-state index in [1.165, 1.54) is 270 Å². The molecule has 0 bridgehead atoms. The Kier molecular flexibility index (Phi) is 64.1. The average Bonchev–Trinajstić information content (AvgIpc) is 3.43. The highest BCUT2D eigenvalue weighted by Crippen LogP contribution is 2.18. The smallest absolute Gasteiger partial charge is 0.306 e. The molecule has 452 valence electrons. The lowest BCUT2D eigenvalue weighted by Gasteiger charge is -2.18. The maximum absolute atomic E-state index is 12.9. The van der Waals surface area contributed by atoms with Crippen LogP contribution in [0.2, 0.25) is 0 Å². The monoisotopic (exact) mass is 1080 g/mol. The fraction of sp³-hybridized carbons (Fsp3) is 0.873. The van der Waals surface area contributed by atoms with E-state index in [0.717, 1.165) is 70.6 Å². The third-order valence-corrected chi connectivity index (χ3v) is 15.6. The molecule has 0 radical (unpaired) electrons. The first-order chi connectivity index (χ1) is 38.0. The van der Waals surface area contributed by atoms with Gasteiger partial charge in [-0.05, 0) is 57.8 Å². The SMILES string of the molecule is CCCCCCC/C=C\C/C=C\C/C=C\CCCCCCCCCCCCCCCCCCC(=O)OCC(COC(=O)CCCCCCCCCCCCCCCC)OC(=O)CCCCCCCCCCCCCCCC. The van der Waals surface area contributed by atoms with Crippen molar-refractivity contribution in [1.29, 1.82) is 0 Å². The Bertz CT molecular complexity index is 1290. The molecule has 0 saturated carbocycles. The van der Waals surface area contributed by atoms with Crippen LogP contribution < -0.4 is 0 Å². The van der Waals surface area contributed by atoms with E-state index in [1.54, 1.807) is 0 Å². The van der Waals surface area contributed by atoms with Crippen molar-refractivity contribution >= 4 is 17.9 Å². The van der Waals surface area contributed by atoms with E-state index in [-0.39, 0.29) is 31.1 Å². The van der Waals surface area contributed by atoms with Crippen LogP contribution in [0.4, 0.5) is 0 Å². The second-order valence-corrected chi connectivity index (χ2v) is 23.5. The molecular weight excluding hydrogens is 949 g/mol. The van der Waals surface area contributed by atoms with Crippen LogP contribution in [-0.2, 0) is 28.6 Å². The fourth-order valence-electron chi connectivity index (χ4n) is 10.5. The van der Waals surface area contributed by atoms with Crippen molar-refractivity contribution in [3.05, 3.63) is 36.5 Å². The molecule has 6 nitrogen and oxygen atoms in total. The standard InChI is InChI=1S/C71H132O6/c1-4-7-10-13-16-19-22-25-28-29-30-31-32-33-34-35-36-37-38-39-40-41-42-43-44-47-49-52-55-58-61-64-70(73)76-67-68(77-71(74)65-62-59-56-53-50-46-27-24-21-18-15-12-9-6-3)66-75-69(72)63-60-57-54-51-48-45-26-23-20-17-14-11-8-5-2/h22,25,29-30,32-33,68H,4-21,23-24,26-28,31,34-67H2,1-3H3/b25-22-,30-29-,33-32-. The molecule has 1 unspecified atom stereocenters. The van der Waals surface area contributed by atoms with Gasteiger partial charge in [-0.1, -0.05) is 340 Å². The van der Waals surface area contributed by atoms with E-state index in [0.29, 0.717) is 19.3 Å². The normalized spacial score (nSPS) is 12.2. The van der Waals surface area contributed by atoms with Gasteiger partial charge in [0.25, 0.3) is 0 Å². The quantitative estimate of drug-likeness (QED) is 0.0261. The maximum atomic E-state index is 12.9. The Hall–Kier alpha value is -2.37. The van der Waals surface area contributed by atoms with Gasteiger partial charge in [0.2, 0.25) is 0 Å². The zero-order valence-electron chi connectivity index (χ0n) is 52.0. The molecule has 0 rings (SSSR count). The number of hydrogen-bond acceptors (Lipinski definition) is 6. The Morgan fingerprint density at radius 3 is 0.727 bits per heavy atom. The van der Waals surface area contributed by atoms with Crippen molar-refractivity contribution in [2.45, 2.75) is 386 Å². The molecule has 0 N–H and O–H groups in total. The van der Waals surface area contributed by atoms with Gasteiger partial charge in [-0.3, -0.25) is 14.4 Å². The van der Waals surface area contributed by atoms with Gasteiger partial charge in [-0.2, -0.15) is 0 Å². The van der Waals surface area contributed by atoms with E-state index in [2.05, 4.69) is 57.2 Å². The summed E-state index contributed by atoms with van der Waals surface area (Å²) in [6, 6.07) is 0. The molecule has 0 aromatic rings. The summed E-state index contributed by atoms with van der Waals surface area (Å²) in [5.74, 6) is -0.836. The Morgan fingerprint density at radius 1 is 0.260 bits per heavy atom. The molecule has 0 aromatic carbocycles. The molecule has 1 atom stereocenters. The molecule has 0 saturated heterocycles. The topological polar surface area (TPSA) is 78.9 Å². The van der Waals surface area contributed by atoms with Crippen LogP contribution >= 0.6 is 0 Å². The highest BCUT2D eigenvalue weighted by atomic mass is 16.6. The first kappa shape index (κ1) is 74.6. The van der Waals surface area contributed by atoms with E-state index in [4.69, 9.17) is 14.2 Å². The van der Waals surface area contributed by atoms with Crippen LogP contribution in [0.5, 0.6) is 0 Å². The average molecular weight is 1080 g/mol. The molecule has 0 aliphatic carbocycles. The summed E-state index contributed by atoms with van der Waals surface area (Å²) in [6.45, 7) is 6.69. The minimum absolute atomic E-state index is 0.0647. The minimum Gasteiger partial charge on any atom is -0.462 e. The molecule has 0 aliphatic heterocycles. The lowest BCUT2D eigenvalue weighted by molar-refractivity contribution is -0.167. The van der Waals surface area contributed by atoms with Gasteiger partial charge in [0, 0.05) is 19.3 Å². The van der Waals surface area contributed by atoms with Crippen molar-refractivity contribution in [2.75, 3.05) is 13.2 Å².